The third-order valence-corrected chi connectivity index (χ3v) is 7.05. The molecule has 12 heteroatoms. The molecule has 3 rings (SSSR count). The molecule has 3 amide bonds. The van der Waals surface area contributed by atoms with Gasteiger partial charge in [-0.25, -0.2) is 9.79 Å². The van der Waals surface area contributed by atoms with Gasteiger partial charge < -0.3 is 21.1 Å². The number of nitrogens with one attached hydrogen (secondary N) is 1. The minimum absolute atomic E-state index is 0.0678. The number of anilines is 1. The molecule has 0 fully saturated rings. The molecular formula is C26H31N5O5S2. The molecule has 10 nitrogen and oxygen atoms in total. The number of para-hydroxylation sites is 1. The summed E-state index contributed by atoms with van der Waals surface area (Å²) >= 11 is 5.57. The number of thioether (sulfide) groups is 1. The average molecular weight is 558 g/mol. The number of rotatable bonds is 11. The molecular weight excluding hydrogens is 526 g/mol. The summed E-state index contributed by atoms with van der Waals surface area (Å²) in [5, 5.41) is 12.1. The van der Waals surface area contributed by atoms with E-state index in [1.54, 1.807) is 24.3 Å². The first-order valence-electron chi connectivity index (χ1n) is 11.9. The van der Waals surface area contributed by atoms with Crippen molar-refractivity contribution in [1.29, 1.82) is 0 Å². The monoisotopic (exact) mass is 557 g/mol. The van der Waals surface area contributed by atoms with Gasteiger partial charge in [0.1, 0.15) is 12.6 Å². The average Bonchev–Trinajstić information content (AvgIpc) is 3.04. The van der Waals surface area contributed by atoms with Gasteiger partial charge in [0.2, 0.25) is 18.0 Å². The summed E-state index contributed by atoms with van der Waals surface area (Å²) in [6.45, 7) is -0.465. The summed E-state index contributed by atoms with van der Waals surface area (Å²) < 4.78 is 0. The van der Waals surface area contributed by atoms with Gasteiger partial charge in [-0.3, -0.25) is 19.3 Å². The van der Waals surface area contributed by atoms with Crippen LogP contribution in [0.4, 0.5) is 5.69 Å². The zero-order chi connectivity index (χ0) is 27.8. The first-order valence-corrected chi connectivity index (χ1v) is 13.9. The molecule has 0 saturated heterocycles. The number of likely N-dealkylation sites (N-methyl/N-ethyl adjacent to an activating group) is 1. The molecule has 0 aromatic heterocycles. The van der Waals surface area contributed by atoms with Crippen LogP contribution in [0.2, 0.25) is 0 Å². The summed E-state index contributed by atoms with van der Waals surface area (Å²) in [6.07, 6.45) is 0.751. The van der Waals surface area contributed by atoms with E-state index < -0.39 is 48.5 Å². The molecule has 3 atom stereocenters. The fraction of sp³-hybridized carbons (Fsp3) is 0.346. The molecule has 2 unspecified atom stereocenters. The van der Waals surface area contributed by atoms with Gasteiger partial charge in [0.15, 0.2) is 0 Å². The van der Waals surface area contributed by atoms with Crippen LogP contribution < -0.4 is 16.0 Å². The van der Waals surface area contributed by atoms with Crippen LogP contribution in [0.3, 0.4) is 0 Å². The maximum atomic E-state index is 13.9. The second kappa shape index (κ2) is 13.4. The number of benzene rings is 2. The Kier molecular flexibility index (Phi) is 10.3. The number of nitrogens with zero attached hydrogens (tertiary/aromatic N) is 3. The highest BCUT2D eigenvalue weighted by Gasteiger charge is 2.38. The lowest BCUT2D eigenvalue weighted by Gasteiger charge is -2.30. The van der Waals surface area contributed by atoms with Gasteiger partial charge in [-0.15, -0.1) is 0 Å². The number of fused-ring (bicyclic) bond motifs is 1. The van der Waals surface area contributed by atoms with E-state index in [0.29, 0.717) is 28.3 Å². The van der Waals surface area contributed by atoms with Gasteiger partial charge in [-0.1, -0.05) is 48.5 Å². The van der Waals surface area contributed by atoms with Crippen molar-refractivity contribution in [3.63, 3.8) is 0 Å². The summed E-state index contributed by atoms with van der Waals surface area (Å²) in [6, 6.07) is 14.1. The Balaban J connectivity index is 2.07. The van der Waals surface area contributed by atoms with Crippen molar-refractivity contribution in [2.24, 2.45) is 10.7 Å². The number of hydrogen-bond donors (Lipinski definition) is 4. The fourth-order valence-corrected chi connectivity index (χ4v) is 4.62. The Labute approximate surface area is 231 Å². The van der Waals surface area contributed by atoms with Crippen LogP contribution in [0.1, 0.15) is 17.5 Å². The predicted octanol–water partition coefficient (Wildman–Crippen LogP) is 1.23. The Hall–Kier alpha value is -3.35. The van der Waals surface area contributed by atoms with E-state index in [2.05, 4.69) is 17.9 Å². The van der Waals surface area contributed by atoms with E-state index in [1.807, 2.05) is 36.6 Å². The van der Waals surface area contributed by atoms with Crippen molar-refractivity contribution in [3.8, 4) is 0 Å². The Morgan fingerprint density at radius 2 is 1.84 bits per heavy atom. The van der Waals surface area contributed by atoms with Crippen LogP contribution >= 0.6 is 24.4 Å². The fourth-order valence-electron chi connectivity index (χ4n) is 3.99. The first kappa shape index (κ1) is 29.2. The van der Waals surface area contributed by atoms with Crippen molar-refractivity contribution in [3.05, 3.63) is 65.7 Å². The van der Waals surface area contributed by atoms with Crippen LogP contribution in [0, 0.1) is 0 Å². The molecule has 0 bridgehead atoms. The number of aliphatic carboxylic acids is 1. The Morgan fingerprint density at radius 1 is 1.18 bits per heavy atom. The van der Waals surface area contributed by atoms with E-state index in [4.69, 9.17) is 10.7 Å². The van der Waals surface area contributed by atoms with Gasteiger partial charge in [-0.05, 0) is 24.5 Å². The van der Waals surface area contributed by atoms with Crippen molar-refractivity contribution in [2.45, 2.75) is 24.7 Å². The van der Waals surface area contributed by atoms with Crippen molar-refractivity contribution in [2.75, 3.05) is 36.3 Å². The lowest BCUT2D eigenvalue weighted by atomic mass is 10.0. The van der Waals surface area contributed by atoms with Gasteiger partial charge in [-0.2, -0.15) is 24.4 Å². The normalized spacial score (nSPS) is 16.5. The highest BCUT2D eigenvalue weighted by atomic mass is 32.2. The van der Waals surface area contributed by atoms with Gasteiger partial charge in [0.05, 0.1) is 17.4 Å². The molecule has 0 radical (unpaired) electrons. The topological polar surface area (TPSA) is 145 Å². The summed E-state index contributed by atoms with van der Waals surface area (Å²) in [5.74, 6) is -2.36. The highest BCUT2D eigenvalue weighted by molar-refractivity contribution is 7.98. The molecule has 0 aliphatic carbocycles. The molecule has 1 aliphatic heterocycles. The van der Waals surface area contributed by atoms with E-state index in [9.17, 15) is 24.3 Å². The largest absolute Gasteiger partial charge is 0.480 e. The number of aliphatic imine (C=N–C) groups is 1. The van der Waals surface area contributed by atoms with Crippen molar-refractivity contribution >= 4 is 59.5 Å². The van der Waals surface area contributed by atoms with Crippen LogP contribution in [0.25, 0.3) is 0 Å². The molecule has 2 aromatic rings. The SMILES string of the molecule is CSCC[C@H](NC(=O)CN1C(=O)C(N(C)C(=O)C(N)CS)N=C(c2ccccc2)c2ccccc21)C(=O)O. The maximum absolute atomic E-state index is 13.9. The zero-order valence-corrected chi connectivity index (χ0v) is 22.8. The number of carbonyl (C=O) groups excluding carboxylic acids is 3. The molecule has 2 aromatic carbocycles. The van der Waals surface area contributed by atoms with Crippen LogP contribution in [0.5, 0.6) is 0 Å². The first-order chi connectivity index (χ1) is 18.2. The molecule has 1 aliphatic rings. The van der Waals surface area contributed by atoms with Crippen molar-refractivity contribution < 1.29 is 24.3 Å². The molecule has 0 spiro atoms. The van der Waals surface area contributed by atoms with Gasteiger partial charge in [0.25, 0.3) is 5.91 Å². The number of carboxylic acid groups (broad SMARTS) is 1. The number of amides is 3. The molecule has 38 heavy (non-hydrogen) atoms. The molecule has 4 N–H and O–H groups in total. The number of thiol groups is 1. The quantitative estimate of drug-likeness (QED) is 0.304. The summed E-state index contributed by atoms with van der Waals surface area (Å²) in [4.78, 5) is 58.7. The lowest BCUT2D eigenvalue weighted by Crippen LogP contribution is -2.55. The third kappa shape index (κ3) is 6.74. The minimum atomic E-state index is -1.32. The zero-order valence-electron chi connectivity index (χ0n) is 21.1. The van der Waals surface area contributed by atoms with E-state index >= 15 is 0 Å². The summed E-state index contributed by atoms with van der Waals surface area (Å²) in [5.41, 5.74) is 8.08. The third-order valence-electron chi connectivity index (χ3n) is 6.01. The molecule has 202 valence electrons. The van der Waals surface area contributed by atoms with E-state index in [1.165, 1.54) is 23.7 Å². The number of nitrogens with two attached hydrogens (primary N) is 1. The standard InChI is InChI=1S/C26H31N5O5S2/c1-30(24(33)18(27)15-37)23-25(34)31(14-21(32)28-19(26(35)36)12-13-38-2)20-11-7-6-10-17(20)22(29-23)16-8-4-3-5-9-16/h3-11,18-19,23,37H,12-15,27H2,1-2H3,(H,28,32)(H,35,36)/t18?,19-,23?/m0/s1. The Bertz CT molecular complexity index is 1210. The van der Waals surface area contributed by atoms with Crippen LogP contribution in [-0.4, -0.2) is 89.0 Å². The van der Waals surface area contributed by atoms with Gasteiger partial charge in [0, 0.05) is 23.9 Å². The van der Waals surface area contributed by atoms with Crippen molar-refractivity contribution in [1.82, 2.24) is 10.2 Å². The van der Waals surface area contributed by atoms with Gasteiger partial charge >= 0.3 is 5.97 Å². The van der Waals surface area contributed by atoms with E-state index in [0.717, 1.165) is 4.90 Å². The number of benzodiazepines with no additional fused rings is 1. The second-order valence-corrected chi connectivity index (χ2v) is 9.99. The van der Waals surface area contributed by atoms with Crippen LogP contribution in [-0.2, 0) is 19.2 Å². The predicted molar refractivity (Wildman–Crippen MR) is 152 cm³/mol. The highest BCUT2D eigenvalue weighted by Crippen LogP contribution is 2.29. The second-order valence-electron chi connectivity index (χ2n) is 8.64. The Morgan fingerprint density at radius 3 is 2.47 bits per heavy atom. The number of carbonyl (C=O) groups is 4. The van der Waals surface area contributed by atoms with Crippen LogP contribution in [0.15, 0.2) is 59.6 Å². The number of hydrogen-bond acceptors (Lipinski definition) is 8. The number of carboxylic acids is 1. The molecule has 1 heterocycles. The lowest BCUT2D eigenvalue weighted by molar-refractivity contribution is -0.142. The smallest absolute Gasteiger partial charge is 0.326 e. The molecule has 0 saturated carbocycles. The summed E-state index contributed by atoms with van der Waals surface area (Å²) in [7, 11) is 1.43. The van der Waals surface area contributed by atoms with E-state index in [-0.39, 0.29) is 12.2 Å². The minimum Gasteiger partial charge on any atom is -0.480 e. The maximum Gasteiger partial charge on any atom is 0.326 e.